The third kappa shape index (κ3) is 7.33. The molecule has 0 bridgehead atoms. The highest BCUT2D eigenvalue weighted by Crippen LogP contribution is 2.29. The topological polar surface area (TPSA) is 122 Å². The third-order valence-corrected chi connectivity index (χ3v) is 10.5. The molecule has 3 aromatic rings. The lowest BCUT2D eigenvalue weighted by molar-refractivity contribution is 0.305. The van der Waals surface area contributed by atoms with E-state index in [2.05, 4.69) is 26.8 Å². The van der Waals surface area contributed by atoms with Gasteiger partial charge in [-0.25, -0.2) is 16.8 Å². The SMILES string of the molecule is Cc1nn(C)c(Cl)c1S(=O)(=O)Nc1cccc(S(=O)(=O)Nc2ccccc2CN[C@@H](C)CC2CCCCC2)c1. The molecular formula is C27H36ClN5O4S2. The number of nitrogens with one attached hydrogen (secondary N) is 3. The number of benzene rings is 2. The molecule has 2 aromatic carbocycles. The van der Waals surface area contributed by atoms with Crippen LogP contribution in [0.15, 0.2) is 58.3 Å². The van der Waals surface area contributed by atoms with Gasteiger partial charge in [0.25, 0.3) is 20.0 Å². The van der Waals surface area contributed by atoms with Crippen LogP contribution in [-0.4, -0.2) is 32.7 Å². The second-order valence-electron chi connectivity index (χ2n) is 10.2. The number of rotatable bonds is 11. The molecule has 0 unspecified atom stereocenters. The monoisotopic (exact) mass is 593 g/mol. The van der Waals surface area contributed by atoms with Crippen molar-refractivity contribution in [1.82, 2.24) is 15.1 Å². The molecule has 1 aliphatic carbocycles. The van der Waals surface area contributed by atoms with Gasteiger partial charge in [-0.2, -0.15) is 5.10 Å². The first-order valence-corrected chi connectivity index (χ1v) is 16.5. The average Bonchev–Trinajstić information content (AvgIpc) is 3.15. The fourth-order valence-corrected chi connectivity index (χ4v) is 8.07. The Balaban J connectivity index is 1.47. The minimum atomic E-state index is -4.10. The summed E-state index contributed by atoms with van der Waals surface area (Å²) in [5.41, 5.74) is 1.62. The smallest absolute Gasteiger partial charge is 0.266 e. The van der Waals surface area contributed by atoms with Gasteiger partial charge in [0.1, 0.15) is 10.0 Å². The quantitative estimate of drug-likeness (QED) is 0.272. The van der Waals surface area contributed by atoms with E-state index in [1.54, 1.807) is 12.1 Å². The predicted octanol–water partition coefficient (Wildman–Crippen LogP) is 5.43. The second-order valence-corrected chi connectivity index (χ2v) is 13.9. The number of hydrogen-bond donors (Lipinski definition) is 3. The number of nitrogens with zero attached hydrogens (tertiary/aromatic N) is 2. The Morgan fingerprint density at radius 2 is 1.72 bits per heavy atom. The number of sulfonamides is 2. The zero-order valence-corrected chi connectivity index (χ0v) is 24.8. The first kappa shape index (κ1) is 29.4. The van der Waals surface area contributed by atoms with Gasteiger partial charge in [-0.3, -0.25) is 14.1 Å². The number of halogens is 1. The van der Waals surface area contributed by atoms with Crippen LogP contribution in [-0.2, 0) is 33.6 Å². The van der Waals surface area contributed by atoms with E-state index in [1.165, 1.54) is 75.0 Å². The van der Waals surface area contributed by atoms with Gasteiger partial charge >= 0.3 is 0 Å². The molecule has 3 N–H and O–H groups in total. The largest absolute Gasteiger partial charge is 0.310 e. The number of para-hydroxylation sites is 1. The van der Waals surface area contributed by atoms with E-state index in [-0.39, 0.29) is 26.3 Å². The fourth-order valence-electron chi connectivity index (χ4n) is 5.12. The van der Waals surface area contributed by atoms with Crippen LogP contribution < -0.4 is 14.8 Å². The van der Waals surface area contributed by atoms with Crippen LogP contribution in [0.5, 0.6) is 0 Å². The molecule has 1 atom stereocenters. The molecule has 1 aromatic heterocycles. The molecule has 12 heteroatoms. The van der Waals surface area contributed by atoms with Crippen molar-refractivity contribution in [3.63, 3.8) is 0 Å². The maximum atomic E-state index is 13.3. The minimum absolute atomic E-state index is 0.0382. The van der Waals surface area contributed by atoms with Gasteiger partial charge in [-0.15, -0.1) is 0 Å². The molecule has 1 heterocycles. The standard InChI is InChI=1S/C27H36ClN5O4S2/c1-19(16-21-10-5-4-6-11-21)29-18-22-12-7-8-15-25(22)32-38(34,35)24-14-9-13-23(17-24)31-39(36,37)26-20(2)30-33(3)27(26)28/h7-9,12-15,17,19,21,29,31-32H,4-6,10-11,16,18H2,1-3H3/t19-/m0/s1. The zero-order valence-electron chi connectivity index (χ0n) is 22.4. The van der Waals surface area contributed by atoms with E-state index in [4.69, 9.17) is 11.6 Å². The first-order valence-electron chi connectivity index (χ1n) is 13.1. The predicted molar refractivity (Wildman–Crippen MR) is 155 cm³/mol. The van der Waals surface area contributed by atoms with Crippen LogP contribution in [0.25, 0.3) is 0 Å². The van der Waals surface area contributed by atoms with Gasteiger partial charge in [0.2, 0.25) is 0 Å². The van der Waals surface area contributed by atoms with Gasteiger partial charge in [0, 0.05) is 19.6 Å². The molecule has 9 nitrogen and oxygen atoms in total. The summed E-state index contributed by atoms with van der Waals surface area (Å²) < 4.78 is 58.9. The van der Waals surface area contributed by atoms with Crippen LogP contribution in [0, 0.1) is 12.8 Å². The summed E-state index contributed by atoms with van der Waals surface area (Å²) in [6.07, 6.45) is 7.63. The minimum Gasteiger partial charge on any atom is -0.310 e. The molecule has 0 spiro atoms. The zero-order chi connectivity index (χ0) is 28.2. The van der Waals surface area contributed by atoms with E-state index in [1.807, 2.05) is 12.1 Å². The molecule has 0 saturated heterocycles. The molecule has 1 aliphatic rings. The molecule has 39 heavy (non-hydrogen) atoms. The highest BCUT2D eigenvalue weighted by Gasteiger charge is 2.26. The number of hydrogen-bond acceptors (Lipinski definition) is 6. The Morgan fingerprint density at radius 1 is 1.00 bits per heavy atom. The lowest BCUT2D eigenvalue weighted by Gasteiger charge is -2.25. The highest BCUT2D eigenvalue weighted by molar-refractivity contribution is 7.93. The number of aryl methyl sites for hydroxylation is 2. The van der Waals surface area contributed by atoms with Crippen LogP contribution >= 0.6 is 11.6 Å². The van der Waals surface area contributed by atoms with E-state index in [9.17, 15) is 16.8 Å². The van der Waals surface area contributed by atoms with Crippen molar-refractivity contribution < 1.29 is 16.8 Å². The molecule has 212 valence electrons. The summed E-state index contributed by atoms with van der Waals surface area (Å²) >= 11 is 6.14. The average molecular weight is 594 g/mol. The van der Waals surface area contributed by atoms with E-state index >= 15 is 0 Å². The van der Waals surface area contributed by atoms with E-state index < -0.39 is 20.0 Å². The lowest BCUT2D eigenvalue weighted by Crippen LogP contribution is -2.29. The van der Waals surface area contributed by atoms with Crippen molar-refractivity contribution in [2.24, 2.45) is 13.0 Å². The molecule has 1 fully saturated rings. The second kappa shape index (κ2) is 12.3. The van der Waals surface area contributed by atoms with Crippen molar-refractivity contribution in [3.05, 3.63) is 64.9 Å². The van der Waals surface area contributed by atoms with Gasteiger partial charge in [-0.05, 0) is 56.0 Å². The third-order valence-electron chi connectivity index (χ3n) is 7.08. The van der Waals surface area contributed by atoms with Crippen LogP contribution in [0.1, 0.15) is 56.7 Å². The number of aromatic nitrogens is 2. The fraction of sp³-hybridized carbons (Fsp3) is 0.444. The van der Waals surface area contributed by atoms with Gasteiger partial charge in [-0.1, -0.05) is 68.0 Å². The van der Waals surface area contributed by atoms with Gasteiger partial charge in [0.05, 0.1) is 22.0 Å². The molecular weight excluding hydrogens is 558 g/mol. The number of anilines is 2. The normalized spacial score (nSPS) is 15.7. The summed E-state index contributed by atoms with van der Waals surface area (Å²) in [4.78, 5) is -0.234. The van der Waals surface area contributed by atoms with Crippen molar-refractivity contribution >= 4 is 43.0 Å². The maximum absolute atomic E-state index is 13.3. The van der Waals surface area contributed by atoms with E-state index in [0.717, 1.165) is 17.9 Å². The van der Waals surface area contributed by atoms with E-state index in [0.29, 0.717) is 18.3 Å². The molecule has 4 rings (SSSR count). The molecule has 0 amide bonds. The Bertz CT molecular complexity index is 1520. The Labute approximate surface area is 236 Å². The van der Waals surface area contributed by atoms with Crippen LogP contribution in [0.3, 0.4) is 0 Å². The van der Waals surface area contributed by atoms with Crippen molar-refractivity contribution in [1.29, 1.82) is 0 Å². The maximum Gasteiger partial charge on any atom is 0.266 e. The van der Waals surface area contributed by atoms with Crippen molar-refractivity contribution in [2.75, 3.05) is 9.44 Å². The summed E-state index contributed by atoms with van der Waals surface area (Å²) in [6.45, 7) is 4.24. The summed E-state index contributed by atoms with van der Waals surface area (Å²) in [5, 5.41) is 7.55. The van der Waals surface area contributed by atoms with Crippen molar-refractivity contribution in [3.8, 4) is 0 Å². The lowest BCUT2D eigenvalue weighted by atomic mass is 9.85. The molecule has 0 aliphatic heterocycles. The summed E-state index contributed by atoms with van der Waals surface area (Å²) in [5.74, 6) is 0.748. The Morgan fingerprint density at radius 3 is 2.41 bits per heavy atom. The summed E-state index contributed by atoms with van der Waals surface area (Å²) in [7, 11) is -6.56. The van der Waals surface area contributed by atoms with Crippen molar-refractivity contribution in [2.45, 2.75) is 74.7 Å². The van der Waals surface area contributed by atoms with Gasteiger partial charge < -0.3 is 5.32 Å². The first-order chi connectivity index (χ1) is 18.5. The summed E-state index contributed by atoms with van der Waals surface area (Å²) in [6, 6.07) is 13.2. The van der Waals surface area contributed by atoms with Crippen LogP contribution in [0.4, 0.5) is 11.4 Å². The van der Waals surface area contributed by atoms with Crippen LogP contribution in [0.2, 0.25) is 5.15 Å². The Hall–Kier alpha value is -2.60. The van der Waals surface area contributed by atoms with Gasteiger partial charge in [0.15, 0.2) is 0 Å². The molecule has 0 radical (unpaired) electrons. The Kier molecular flexibility index (Phi) is 9.25. The molecule has 1 saturated carbocycles. The highest BCUT2D eigenvalue weighted by atomic mass is 35.5.